The summed E-state index contributed by atoms with van der Waals surface area (Å²) in [6.45, 7) is -0.337. The first-order valence-corrected chi connectivity index (χ1v) is 11.8. The minimum atomic E-state index is -1.87. The predicted molar refractivity (Wildman–Crippen MR) is 128 cm³/mol. The van der Waals surface area contributed by atoms with Crippen LogP contribution in [0.3, 0.4) is 0 Å². The monoisotopic (exact) mass is 536 g/mol. The molecule has 0 saturated heterocycles. The van der Waals surface area contributed by atoms with Crippen LogP contribution < -0.4 is 5.32 Å². The van der Waals surface area contributed by atoms with Crippen molar-refractivity contribution in [1.29, 1.82) is 0 Å². The maximum Gasteiger partial charge on any atom is 0.407 e. The van der Waals surface area contributed by atoms with E-state index < -0.39 is 68.1 Å². The van der Waals surface area contributed by atoms with Crippen LogP contribution in [0.5, 0.6) is 0 Å². The number of nitrogens with zero attached hydrogens (tertiary/aromatic N) is 1. The number of rotatable bonds is 17. The van der Waals surface area contributed by atoms with Gasteiger partial charge in [0.25, 0.3) is 0 Å². The van der Waals surface area contributed by atoms with Gasteiger partial charge in [-0.05, 0) is 18.1 Å². The number of nitrogens with one attached hydrogen (secondary N) is 1. The number of benzene rings is 1. The fourth-order valence-electron chi connectivity index (χ4n) is 3.45. The average molecular weight is 537 g/mol. The number of hydrogen-bond acceptors (Lipinski definition) is 13. The van der Waals surface area contributed by atoms with E-state index in [1.165, 1.54) is 4.90 Å². The van der Waals surface area contributed by atoms with Crippen LogP contribution in [0.2, 0.25) is 0 Å². The van der Waals surface area contributed by atoms with Crippen molar-refractivity contribution >= 4 is 6.09 Å². The van der Waals surface area contributed by atoms with Gasteiger partial charge in [0, 0.05) is 26.2 Å². The quantitative estimate of drug-likeness (QED) is 0.0902. The highest BCUT2D eigenvalue weighted by Gasteiger charge is 2.34. The molecule has 1 aromatic carbocycles. The molecule has 14 heteroatoms. The summed E-state index contributed by atoms with van der Waals surface area (Å²) in [4.78, 5) is 12.8. The summed E-state index contributed by atoms with van der Waals surface area (Å²) in [6, 6.07) is 6.79. The van der Waals surface area contributed by atoms with Crippen LogP contribution in [-0.4, -0.2) is 144 Å². The van der Waals surface area contributed by atoms with Gasteiger partial charge < -0.3 is 61.1 Å². The molecule has 37 heavy (non-hydrogen) atoms. The smallest absolute Gasteiger partial charge is 0.407 e. The zero-order valence-electron chi connectivity index (χ0n) is 20.6. The highest BCUT2D eigenvalue weighted by molar-refractivity contribution is 5.67. The van der Waals surface area contributed by atoms with Crippen molar-refractivity contribution in [3.05, 3.63) is 35.4 Å². The van der Waals surface area contributed by atoms with E-state index in [1.54, 1.807) is 31.2 Å². The minimum absolute atomic E-state index is 0.0381. The lowest BCUT2D eigenvalue weighted by molar-refractivity contribution is -0.131. The topological polar surface area (TPSA) is 244 Å². The van der Waals surface area contributed by atoms with E-state index in [4.69, 9.17) is 14.9 Å². The Kier molecular flexibility index (Phi) is 15.0. The molecule has 8 atom stereocenters. The van der Waals surface area contributed by atoms with E-state index in [-0.39, 0.29) is 32.8 Å². The molecule has 11 N–H and O–H groups in total. The van der Waals surface area contributed by atoms with Crippen LogP contribution in [0, 0.1) is 0 Å². The van der Waals surface area contributed by atoms with Gasteiger partial charge in [0.15, 0.2) is 0 Å². The Morgan fingerprint density at radius 2 is 1.16 bits per heavy atom. The number of aliphatic hydroxyl groups excluding tert-OH is 10. The summed E-state index contributed by atoms with van der Waals surface area (Å²) in [6.07, 6.45) is -14.8. The fourth-order valence-corrected chi connectivity index (χ4v) is 3.45. The van der Waals surface area contributed by atoms with Gasteiger partial charge in [-0.2, -0.15) is 0 Å². The second kappa shape index (κ2) is 16.8. The average Bonchev–Trinajstić information content (AvgIpc) is 2.89. The molecule has 1 amide bonds. The normalized spacial score (nSPS) is 18.4. The highest BCUT2D eigenvalue weighted by atomic mass is 16.5. The SMILES string of the molecule is CCOC(=O)NCc1ccc(CN(C[C@H](O)[C@@H](O)[C@H](O)[C@H](O)CO)C[C@H](O)[C@@H](O)[C@H](O)[C@H](O)CO)cc1. The maximum absolute atomic E-state index is 11.4. The first-order chi connectivity index (χ1) is 17.4. The number of amides is 1. The van der Waals surface area contributed by atoms with Gasteiger partial charge in [-0.1, -0.05) is 24.3 Å². The Balaban J connectivity index is 2.97. The Morgan fingerprint density at radius 3 is 1.57 bits per heavy atom. The molecule has 0 spiro atoms. The number of hydrogen-bond donors (Lipinski definition) is 11. The Bertz CT molecular complexity index is 741. The fraction of sp³-hybridized carbons (Fsp3) is 0.696. The Labute approximate surface area is 214 Å². The molecule has 0 aliphatic rings. The summed E-state index contributed by atoms with van der Waals surface area (Å²) in [5.41, 5.74) is 1.40. The lowest BCUT2D eigenvalue weighted by Gasteiger charge is -2.33. The summed E-state index contributed by atoms with van der Waals surface area (Å²) < 4.78 is 4.79. The van der Waals surface area contributed by atoms with Gasteiger partial charge in [0.1, 0.15) is 36.6 Å². The molecule has 1 rings (SSSR count). The lowest BCUT2D eigenvalue weighted by Crippen LogP contribution is -2.53. The molecule has 0 saturated carbocycles. The first kappa shape index (κ1) is 33.1. The number of alkyl carbamates (subject to hydrolysis) is 1. The zero-order valence-corrected chi connectivity index (χ0v) is 20.6. The number of ether oxygens (including phenoxy) is 1. The third-order valence-corrected chi connectivity index (χ3v) is 5.68. The molecule has 1 aromatic rings. The predicted octanol–water partition coefficient (Wildman–Crippen LogP) is -4.39. The van der Waals surface area contributed by atoms with Crippen molar-refractivity contribution in [2.45, 2.75) is 68.8 Å². The third-order valence-electron chi connectivity index (χ3n) is 5.68. The third kappa shape index (κ3) is 11.1. The highest BCUT2D eigenvalue weighted by Crippen LogP contribution is 2.14. The van der Waals surface area contributed by atoms with Gasteiger partial charge in [0.2, 0.25) is 0 Å². The maximum atomic E-state index is 11.4. The summed E-state index contributed by atoms with van der Waals surface area (Å²) >= 11 is 0. The van der Waals surface area contributed by atoms with Crippen LogP contribution >= 0.6 is 0 Å². The van der Waals surface area contributed by atoms with Gasteiger partial charge in [-0.25, -0.2) is 4.79 Å². The molecule has 0 unspecified atom stereocenters. The standard InChI is InChI=1S/C23H40N2O12/c1-2-37-23(36)24-7-13-3-5-14(6-4-13)8-25(9-15(28)19(32)21(34)17(30)11-26)10-16(29)20(33)22(35)18(31)12-27/h3-6,15-22,26-35H,2,7-12H2,1H3,(H,24,36)/t15-,16-,17+,18+,19+,20+,21+,22+/m0/s1. The van der Waals surface area contributed by atoms with Crippen molar-refractivity contribution in [1.82, 2.24) is 10.2 Å². The lowest BCUT2D eigenvalue weighted by atomic mass is 10.0. The van der Waals surface area contributed by atoms with Crippen molar-refractivity contribution in [3.8, 4) is 0 Å². The van der Waals surface area contributed by atoms with Crippen molar-refractivity contribution < 1.29 is 60.6 Å². The molecule has 0 heterocycles. The van der Waals surface area contributed by atoms with Gasteiger partial charge >= 0.3 is 6.09 Å². The van der Waals surface area contributed by atoms with E-state index in [0.717, 1.165) is 5.56 Å². The number of aliphatic hydroxyl groups is 10. The van der Waals surface area contributed by atoms with Crippen molar-refractivity contribution in [2.24, 2.45) is 0 Å². The molecule has 0 aliphatic heterocycles. The molecule has 0 fully saturated rings. The zero-order chi connectivity index (χ0) is 28.1. The first-order valence-electron chi connectivity index (χ1n) is 11.8. The van der Waals surface area contributed by atoms with E-state index in [9.17, 15) is 45.6 Å². The van der Waals surface area contributed by atoms with Crippen molar-refractivity contribution in [3.63, 3.8) is 0 Å². The Morgan fingerprint density at radius 1 is 0.757 bits per heavy atom. The van der Waals surface area contributed by atoms with Crippen LogP contribution in [0.4, 0.5) is 4.79 Å². The van der Waals surface area contributed by atoms with E-state index >= 15 is 0 Å². The molecule has 0 aromatic heterocycles. The van der Waals surface area contributed by atoms with Gasteiger partial charge in [-0.15, -0.1) is 0 Å². The molecule has 0 radical (unpaired) electrons. The van der Waals surface area contributed by atoms with Crippen molar-refractivity contribution in [2.75, 3.05) is 32.9 Å². The van der Waals surface area contributed by atoms with Crippen LogP contribution in [0.25, 0.3) is 0 Å². The molecule has 214 valence electrons. The summed E-state index contributed by atoms with van der Waals surface area (Å²) in [7, 11) is 0. The molecular weight excluding hydrogens is 496 g/mol. The van der Waals surface area contributed by atoms with Crippen LogP contribution in [0.1, 0.15) is 18.1 Å². The molecule has 0 aliphatic carbocycles. The van der Waals surface area contributed by atoms with E-state index in [1.807, 2.05) is 0 Å². The summed E-state index contributed by atoms with van der Waals surface area (Å²) in [5, 5.41) is 101. The number of carbonyl (C=O) groups excluding carboxylic acids is 1. The minimum Gasteiger partial charge on any atom is -0.450 e. The second-order valence-corrected chi connectivity index (χ2v) is 8.68. The Hall–Kier alpha value is -1.95. The molecule has 0 bridgehead atoms. The largest absolute Gasteiger partial charge is 0.450 e. The van der Waals surface area contributed by atoms with E-state index in [0.29, 0.717) is 5.56 Å². The van der Waals surface area contributed by atoms with E-state index in [2.05, 4.69) is 5.32 Å². The number of carbonyl (C=O) groups is 1. The second-order valence-electron chi connectivity index (χ2n) is 8.68. The summed E-state index contributed by atoms with van der Waals surface area (Å²) in [5.74, 6) is 0. The van der Waals surface area contributed by atoms with Gasteiger partial charge in [0.05, 0.1) is 32.0 Å². The van der Waals surface area contributed by atoms with Crippen LogP contribution in [0.15, 0.2) is 24.3 Å². The molecular formula is C23H40N2O12. The van der Waals surface area contributed by atoms with Crippen LogP contribution in [-0.2, 0) is 17.8 Å². The molecule has 14 nitrogen and oxygen atoms in total. The van der Waals surface area contributed by atoms with Gasteiger partial charge in [-0.3, -0.25) is 4.90 Å².